The highest BCUT2D eigenvalue weighted by Crippen LogP contribution is 2.30. The van der Waals surface area contributed by atoms with E-state index >= 15 is 0 Å². The molecule has 1 heterocycles. The number of esters is 1. The number of hydrogen-bond donors (Lipinski definition) is 1. The number of carbonyl (C=O) groups is 2. The molecule has 1 aliphatic rings. The van der Waals surface area contributed by atoms with E-state index in [0.717, 1.165) is 0 Å². The molecule has 0 aromatic heterocycles. The molecule has 9 heteroatoms. The van der Waals surface area contributed by atoms with Gasteiger partial charge in [0.2, 0.25) is 10.0 Å². The van der Waals surface area contributed by atoms with Gasteiger partial charge in [-0.25, -0.2) is 13.1 Å². The number of nitrogens with one attached hydrogen (secondary N) is 1. The van der Waals surface area contributed by atoms with E-state index in [4.69, 9.17) is 14.2 Å². The molecule has 148 valence electrons. The fraction of sp³-hybridized carbons (Fsp3) is 0.263. The normalized spacial score (nSPS) is 13.0. The number of benzene rings is 2. The van der Waals surface area contributed by atoms with Crippen molar-refractivity contribution in [3.63, 3.8) is 0 Å². The van der Waals surface area contributed by atoms with Crippen LogP contribution in [0.1, 0.15) is 16.8 Å². The van der Waals surface area contributed by atoms with Crippen molar-refractivity contribution in [3.05, 3.63) is 54.1 Å². The molecule has 0 unspecified atom stereocenters. The summed E-state index contributed by atoms with van der Waals surface area (Å²) in [6.07, 6.45) is -0.194. The number of Topliss-reactive ketones (excluding diaryl/α,β-unsaturated/α-hetero) is 1. The zero-order valence-electron chi connectivity index (χ0n) is 14.9. The van der Waals surface area contributed by atoms with Crippen molar-refractivity contribution in [1.82, 2.24) is 4.72 Å². The Hall–Kier alpha value is -2.91. The van der Waals surface area contributed by atoms with Gasteiger partial charge in [0, 0.05) is 12.1 Å². The summed E-state index contributed by atoms with van der Waals surface area (Å²) in [6.45, 7) is 0.280. The summed E-state index contributed by atoms with van der Waals surface area (Å²) in [5.74, 6) is -0.0407. The highest BCUT2D eigenvalue weighted by atomic mass is 32.2. The summed E-state index contributed by atoms with van der Waals surface area (Å²) in [5.41, 5.74) is 0.335. The van der Waals surface area contributed by atoms with Crippen molar-refractivity contribution in [2.45, 2.75) is 11.3 Å². The lowest BCUT2D eigenvalue weighted by atomic mass is 10.1. The molecule has 0 amide bonds. The van der Waals surface area contributed by atoms with Crippen LogP contribution in [-0.4, -0.2) is 46.5 Å². The molecule has 2 aromatic carbocycles. The highest BCUT2D eigenvalue weighted by molar-refractivity contribution is 7.89. The van der Waals surface area contributed by atoms with Gasteiger partial charge in [-0.15, -0.1) is 0 Å². The van der Waals surface area contributed by atoms with Crippen LogP contribution in [-0.2, 0) is 19.6 Å². The van der Waals surface area contributed by atoms with Gasteiger partial charge in [0.05, 0.1) is 11.3 Å². The van der Waals surface area contributed by atoms with Crippen LogP contribution in [0.2, 0.25) is 0 Å². The highest BCUT2D eigenvalue weighted by Gasteiger charge is 2.17. The molecule has 0 fully saturated rings. The summed E-state index contributed by atoms with van der Waals surface area (Å²) in [7, 11) is -3.69. The fourth-order valence-electron chi connectivity index (χ4n) is 2.49. The molecule has 0 aliphatic carbocycles. The Balaban J connectivity index is 1.45. The molecule has 0 saturated heterocycles. The van der Waals surface area contributed by atoms with Crippen LogP contribution in [0.25, 0.3) is 0 Å². The SMILES string of the molecule is O=C(CCNS(=O)(=O)c1ccccc1)OCC(=O)c1ccc2c(c1)OCCO2. The number of ketones is 1. The second kappa shape index (κ2) is 8.85. The van der Waals surface area contributed by atoms with Crippen LogP contribution in [0, 0.1) is 0 Å². The average Bonchev–Trinajstić information content (AvgIpc) is 2.72. The second-order valence-electron chi connectivity index (χ2n) is 5.90. The summed E-state index contributed by atoms with van der Waals surface area (Å²) in [5, 5.41) is 0. The minimum Gasteiger partial charge on any atom is -0.486 e. The quantitative estimate of drug-likeness (QED) is 0.524. The topological polar surface area (TPSA) is 108 Å². The van der Waals surface area contributed by atoms with Gasteiger partial charge < -0.3 is 14.2 Å². The number of ether oxygens (including phenoxy) is 3. The van der Waals surface area contributed by atoms with Crippen molar-refractivity contribution in [2.24, 2.45) is 0 Å². The van der Waals surface area contributed by atoms with Crippen molar-refractivity contribution in [1.29, 1.82) is 0 Å². The first-order chi connectivity index (χ1) is 13.5. The molecule has 0 radical (unpaired) electrons. The van der Waals surface area contributed by atoms with Gasteiger partial charge in [-0.05, 0) is 30.3 Å². The number of fused-ring (bicyclic) bond motifs is 1. The Morgan fingerprint density at radius 1 is 1.00 bits per heavy atom. The van der Waals surface area contributed by atoms with Crippen LogP contribution in [0.15, 0.2) is 53.4 Å². The summed E-state index contributed by atoms with van der Waals surface area (Å²) in [6, 6.07) is 12.5. The maximum absolute atomic E-state index is 12.2. The standard InChI is InChI=1S/C19H19NO7S/c21-16(14-6-7-17-18(12-14)26-11-10-25-17)13-27-19(22)8-9-20-28(23,24)15-4-2-1-3-5-15/h1-7,12,20H,8-11,13H2. The van der Waals surface area contributed by atoms with Gasteiger partial charge in [-0.1, -0.05) is 18.2 Å². The minimum absolute atomic E-state index is 0.108. The third-order valence-electron chi connectivity index (χ3n) is 3.90. The van der Waals surface area contributed by atoms with Crippen molar-refractivity contribution in [2.75, 3.05) is 26.4 Å². The molecular formula is C19H19NO7S. The first kappa shape index (κ1) is 19.8. The Morgan fingerprint density at radius 2 is 1.71 bits per heavy atom. The molecule has 1 aliphatic heterocycles. The number of hydrogen-bond acceptors (Lipinski definition) is 7. The number of rotatable bonds is 8. The molecule has 0 bridgehead atoms. The predicted molar refractivity (Wildman–Crippen MR) is 99.0 cm³/mol. The third kappa shape index (κ3) is 5.08. The lowest BCUT2D eigenvalue weighted by Gasteiger charge is -2.18. The van der Waals surface area contributed by atoms with Crippen LogP contribution in [0.5, 0.6) is 11.5 Å². The van der Waals surface area contributed by atoms with Crippen molar-refractivity contribution >= 4 is 21.8 Å². The van der Waals surface area contributed by atoms with Gasteiger partial charge in [-0.2, -0.15) is 0 Å². The molecule has 1 N–H and O–H groups in total. The van der Waals surface area contributed by atoms with Crippen LogP contribution < -0.4 is 14.2 Å². The van der Waals surface area contributed by atoms with E-state index in [1.54, 1.807) is 36.4 Å². The average molecular weight is 405 g/mol. The zero-order chi connectivity index (χ0) is 20.0. The Morgan fingerprint density at radius 3 is 2.46 bits per heavy atom. The molecule has 28 heavy (non-hydrogen) atoms. The zero-order valence-corrected chi connectivity index (χ0v) is 15.7. The summed E-state index contributed by atoms with van der Waals surface area (Å²) >= 11 is 0. The lowest BCUT2D eigenvalue weighted by Crippen LogP contribution is -2.27. The Labute approximate surface area is 162 Å². The number of carbonyl (C=O) groups excluding carboxylic acids is 2. The molecule has 0 spiro atoms. The maximum Gasteiger partial charge on any atom is 0.307 e. The van der Waals surface area contributed by atoms with Gasteiger partial charge in [-0.3, -0.25) is 9.59 Å². The summed E-state index contributed by atoms with van der Waals surface area (Å²) in [4.78, 5) is 24.1. The predicted octanol–water partition coefficient (Wildman–Crippen LogP) is 1.55. The van der Waals surface area contributed by atoms with E-state index in [1.807, 2.05) is 0 Å². The Kier molecular flexibility index (Phi) is 6.27. The van der Waals surface area contributed by atoms with Crippen LogP contribution >= 0.6 is 0 Å². The molecule has 0 atom stereocenters. The first-order valence-electron chi connectivity index (χ1n) is 8.59. The van der Waals surface area contributed by atoms with E-state index in [-0.39, 0.29) is 17.9 Å². The van der Waals surface area contributed by atoms with Crippen LogP contribution in [0.4, 0.5) is 0 Å². The lowest BCUT2D eigenvalue weighted by molar-refractivity contribution is -0.142. The van der Waals surface area contributed by atoms with E-state index in [0.29, 0.717) is 30.3 Å². The minimum atomic E-state index is -3.69. The third-order valence-corrected chi connectivity index (χ3v) is 5.38. The van der Waals surface area contributed by atoms with Gasteiger partial charge >= 0.3 is 5.97 Å². The second-order valence-corrected chi connectivity index (χ2v) is 7.67. The summed E-state index contributed by atoms with van der Waals surface area (Å²) < 4.78 is 42.1. The molecule has 3 rings (SSSR count). The molecular weight excluding hydrogens is 386 g/mol. The van der Waals surface area contributed by atoms with Crippen molar-refractivity contribution < 1.29 is 32.2 Å². The van der Waals surface area contributed by atoms with E-state index in [9.17, 15) is 18.0 Å². The monoisotopic (exact) mass is 405 g/mol. The van der Waals surface area contributed by atoms with Crippen molar-refractivity contribution in [3.8, 4) is 11.5 Å². The largest absolute Gasteiger partial charge is 0.486 e. The van der Waals surface area contributed by atoms with Crippen LogP contribution in [0.3, 0.4) is 0 Å². The van der Waals surface area contributed by atoms with Gasteiger partial charge in [0.25, 0.3) is 0 Å². The maximum atomic E-state index is 12.2. The molecule has 8 nitrogen and oxygen atoms in total. The Bertz CT molecular complexity index is 958. The van der Waals surface area contributed by atoms with E-state index in [1.165, 1.54) is 12.1 Å². The van der Waals surface area contributed by atoms with E-state index in [2.05, 4.69) is 4.72 Å². The fourth-order valence-corrected chi connectivity index (χ4v) is 3.54. The molecule has 2 aromatic rings. The smallest absolute Gasteiger partial charge is 0.307 e. The molecule has 0 saturated carbocycles. The van der Waals surface area contributed by atoms with Gasteiger partial charge in [0.1, 0.15) is 13.2 Å². The number of sulfonamides is 1. The first-order valence-corrected chi connectivity index (χ1v) is 10.1. The van der Waals surface area contributed by atoms with E-state index < -0.39 is 28.4 Å². The van der Waals surface area contributed by atoms with Gasteiger partial charge in [0.15, 0.2) is 23.9 Å².